The first kappa shape index (κ1) is 21.2. The molecule has 0 aliphatic heterocycles. The molecular weight excluding hydrogens is 384 g/mol. The van der Waals surface area contributed by atoms with Crippen molar-refractivity contribution in [3.05, 3.63) is 59.8 Å². The smallest absolute Gasteiger partial charge is 0.312 e. The Morgan fingerprint density at radius 3 is 2.40 bits per heavy atom. The van der Waals surface area contributed by atoms with Crippen LogP contribution in [0.3, 0.4) is 0 Å². The molecule has 1 N–H and O–H groups in total. The second kappa shape index (κ2) is 8.49. The third kappa shape index (κ3) is 4.92. The highest BCUT2D eigenvalue weighted by atomic mass is 16.5. The number of ether oxygens (including phenoxy) is 1. The molecule has 7 heteroatoms. The summed E-state index contributed by atoms with van der Waals surface area (Å²) >= 11 is 0. The molecule has 1 aromatic heterocycles. The second-order valence-electron chi connectivity index (χ2n) is 8.08. The van der Waals surface area contributed by atoms with E-state index >= 15 is 0 Å². The number of ketones is 1. The molecule has 3 rings (SSSR count). The fourth-order valence-electron chi connectivity index (χ4n) is 2.77. The lowest BCUT2D eigenvalue weighted by atomic mass is 9.95. The SMILES string of the molecule is C[C@@H](OC(=O)Cc1noc2ccccc12)C(=O)c1ccc(NC(=O)C(C)(C)C)cc1. The molecule has 0 bridgehead atoms. The predicted octanol–water partition coefficient (Wildman–Crippen LogP) is 4.17. The monoisotopic (exact) mass is 408 g/mol. The normalized spacial score (nSPS) is 12.4. The molecule has 0 unspecified atom stereocenters. The highest BCUT2D eigenvalue weighted by molar-refractivity contribution is 6.01. The third-order valence-electron chi connectivity index (χ3n) is 4.55. The van der Waals surface area contributed by atoms with Crippen LogP contribution in [0.1, 0.15) is 43.7 Å². The Kier molecular flexibility index (Phi) is 6.01. The molecule has 2 aromatic carbocycles. The maximum atomic E-state index is 12.6. The fraction of sp³-hybridized carbons (Fsp3) is 0.304. The van der Waals surface area contributed by atoms with E-state index in [1.165, 1.54) is 6.92 Å². The first-order valence-electron chi connectivity index (χ1n) is 9.63. The van der Waals surface area contributed by atoms with Crippen molar-refractivity contribution in [3.63, 3.8) is 0 Å². The van der Waals surface area contributed by atoms with E-state index < -0.39 is 17.5 Å². The summed E-state index contributed by atoms with van der Waals surface area (Å²) in [6, 6.07) is 13.7. The van der Waals surface area contributed by atoms with Crippen molar-refractivity contribution >= 4 is 34.3 Å². The van der Waals surface area contributed by atoms with Gasteiger partial charge in [-0.1, -0.05) is 38.1 Å². The summed E-state index contributed by atoms with van der Waals surface area (Å²) in [5.74, 6) is -1.02. The van der Waals surface area contributed by atoms with Gasteiger partial charge in [-0.25, -0.2) is 0 Å². The molecule has 156 valence electrons. The van der Waals surface area contributed by atoms with E-state index in [-0.39, 0.29) is 18.1 Å². The minimum absolute atomic E-state index is 0.0909. The average Bonchev–Trinajstić information content (AvgIpc) is 3.10. The van der Waals surface area contributed by atoms with Gasteiger partial charge in [0.15, 0.2) is 11.7 Å². The number of rotatable bonds is 6. The molecular formula is C23H24N2O5. The highest BCUT2D eigenvalue weighted by Crippen LogP contribution is 2.20. The van der Waals surface area contributed by atoms with Gasteiger partial charge in [0.1, 0.15) is 5.69 Å². The minimum Gasteiger partial charge on any atom is -0.454 e. The summed E-state index contributed by atoms with van der Waals surface area (Å²) in [5.41, 5.74) is 1.51. The lowest BCUT2D eigenvalue weighted by Gasteiger charge is -2.18. The van der Waals surface area contributed by atoms with Crippen LogP contribution in [0, 0.1) is 5.41 Å². The molecule has 0 radical (unpaired) electrons. The van der Waals surface area contributed by atoms with Crippen LogP contribution in [-0.2, 0) is 20.7 Å². The van der Waals surface area contributed by atoms with Gasteiger partial charge >= 0.3 is 5.97 Å². The zero-order chi connectivity index (χ0) is 21.9. The highest BCUT2D eigenvalue weighted by Gasteiger charge is 2.23. The van der Waals surface area contributed by atoms with Crippen LogP contribution >= 0.6 is 0 Å². The van der Waals surface area contributed by atoms with Crippen molar-refractivity contribution < 1.29 is 23.6 Å². The summed E-state index contributed by atoms with van der Waals surface area (Å²) in [7, 11) is 0. The number of fused-ring (bicyclic) bond motifs is 1. The van der Waals surface area contributed by atoms with Gasteiger partial charge in [-0.15, -0.1) is 0 Å². The summed E-state index contributed by atoms with van der Waals surface area (Å²) in [5, 5.41) is 7.44. The standard InChI is InChI=1S/C23H24N2O5/c1-14(29-20(26)13-18-17-7-5-6-8-19(17)30-25-18)21(27)15-9-11-16(12-10-15)24-22(28)23(2,3)4/h5-12,14H,13H2,1-4H3,(H,24,28)/t14-/m1/s1. The molecule has 30 heavy (non-hydrogen) atoms. The van der Waals surface area contributed by atoms with Crippen LogP contribution in [0.25, 0.3) is 11.0 Å². The van der Waals surface area contributed by atoms with E-state index in [2.05, 4.69) is 10.5 Å². The molecule has 0 aliphatic rings. The maximum Gasteiger partial charge on any atom is 0.312 e. The topological polar surface area (TPSA) is 98.5 Å². The van der Waals surface area contributed by atoms with Crippen LogP contribution in [0.15, 0.2) is 53.1 Å². The average molecular weight is 408 g/mol. The molecule has 1 atom stereocenters. The van der Waals surface area contributed by atoms with Gasteiger partial charge in [-0.05, 0) is 43.3 Å². The van der Waals surface area contributed by atoms with Gasteiger partial charge in [0.25, 0.3) is 0 Å². The Labute approximate surface area is 174 Å². The number of carbonyl (C=O) groups excluding carboxylic acids is 3. The quantitative estimate of drug-likeness (QED) is 0.485. The summed E-state index contributed by atoms with van der Waals surface area (Å²) in [6.45, 7) is 6.98. The molecule has 0 saturated heterocycles. The van der Waals surface area contributed by atoms with Crippen LogP contribution in [0.5, 0.6) is 0 Å². The summed E-state index contributed by atoms with van der Waals surface area (Å²) in [4.78, 5) is 36.9. The summed E-state index contributed by atoms with van der Waals surface area (Å²) in [6.07, 6.45) is -1.04. The first-order valence-corrected chi connectivity index (χ1v) is 9.63. The Hall–Kier alpha value is -3.48. The largest absolute Gasteiger partial charge is 0.454 e. The zero-order valence-corrected chi connectivity index (χ0v) is 17.4. The molecule has 1 amide bonds. The number of hydrogen-bond donors (Lipinski definition) is 1. The predicted molar refractivity (Wildman–Crippen MR) is 112 cm³/mol. The third-order valence-corrected chi connectivity index (χ3v) is 4.55. The number of esters is 1. The zero-order valence-electron chi connectivity index (χ0n) is 17.4. The van der Waals surface area contributed by atoms with Crippen LogP contribution in [0.4, 0.5) is 5.69 Å². The van der Waals surface area contributed by atoms with E-state index in [0.717, 1.165) is 5.39 Å². The molecule has 1 heterocycles. The lowest BCUT2D eigenvalue weighted by molar-refractivity contribution is -0.145. The van der Waals surface area contributed by atoms with Gasteiger partial charge in [0.2, 0.25) is 11.7 Å². The van der Waals surface area contributed by atoms with E-state index in [1.54, 1.807) is 30.3 Å². The minimum atomic E-state index is -0.953. The van der Waals surface area contributed by atoms with Crippen molar-refractivity contribution in [2.24, 2.45) is 5.41 Å². The van der Waals surface area contributed by atoms with Crippen LogP contribution in [-0.4, -0.2) is 28.9 Å². The summed E-state index contributed by atoms with van der Waals surface area (Å²) < 4.78 is 10.5. The van der Waals surface area contributed by atoms with Crippen molar-refractivity contribution in [2.75, 3.05) is 5.32 Å². The number of anilines is 1. The molecule has 0 aliphatic carbocycles. The number of nitrogens with one attached hydrogen (secondary N) is 1. The van der Waals surface area contributed by atoms with E-state index in [9.17, 15) is 14.4 Å². The van der Waals surface area contributed by atoms with Gasteiger partial charge in [-0.3, -0.25) is 14.4 Å². The second-order valence-corrected chi connectivity index (χ2v) is 8.08. The lowest BCUT2D eigenvalue weighted by Crippen LogP contribution is -2.27. The number of Topliss-reactive ketones (excluding diaryl/α,β-unsaturated/α-hetero) is 1. The Bertz CT molecular complexity index is 1080. The number of nitrogens with zero attached hydrogens (tertiary/aromatic N) is 1. The van der Waals surface area contributed by atoms with E-state index in [1.807, 2.05) is 39.0 Å². The molecule has 0 spiro atoms. The van der Waals surface area contributed by atoms with E-state index in [0.29, 0.717) is 22.5 Å². The van der Waals surface area contributed by atoms with Crippen LogP contribution < -0.4 is 5.32 Å². The molecule has 7 nitrogen and oxygen atoms in total. The molecule has 3 aromatic rings. The van der Waals surface area contributed by atoms with Crippen molar-refractivity contribution in [2.45, 2.75) is 40.2 Å². The van der Waals surface area contributed by atoms with E-state index in [4.69, 9.17) is 9.26 Å². The fourth-order valence-corrected chi connectivity index (χ4v) is 2.77. The Morgan fingerprint density at radius 1 is 1.07 bits per heavy atom. The van der Waals surface area contributed by atoms with Crippen molar-refractivity contribution in [1.29, 1.82) is 0 Å². The van der Waals surface area contributed by atoms with Crippen LogP contribution in [0.2, 0.25) is 0 Å². The number of hydrogen-bond acceptors (Lipinski definition) is 6. The van der Waals surface area contributed by atoms with Gasteiger partial charge in [0, 0.05) is 22.1 Å². The first-order chi connectivity index (χ1) is 14.1. The van der Waals surface area contributed by atoms with Crippen molar-refractivity contribution in [1.82, 2.24) is 5.16 Å². The maximum absolute atomic E-state index is 12.6. The Morgan fingerprint density at radius 2 is 1.73 bits per heavy atom. The number of para-hydroxylation sites is 1. The van der Waals surface area contributed by atoms with Gasteiger partial charge in [-0.2, -0.15) is 0 Å². The number of amides is 1. The number of benzene rings is 2. The van der Waals surface area contributed by atoms with Gasteiger partial charge in [0.05, 0.1) is 6.42 Å². The Balaban J connectivity index is 1.59. The molecule has 0 saturated carbocycles. The van der Waals surface area contributed by atoms with Gasteiger partial charge < -0.3 is 14.6 Å². The number of aromatic nitrogens is 1. The van der Waals surface area contributed by atoms with Crippen molar-refractivity contribution in [3.8, 4) is 0 Å². The molecule has 0 fully saturated rings. The number of carbonyl (C=O) groups is 3.